The highest BCUT2D eigenvalue weighted by Crippen LogP contribution is 2.26. The van der Waals surface area contributed by atoms with Gasteiger partial charge >= 0.3 is 0 Å². The molecular formula is C29H26N4O. The zero-order chi connectivity index (χ0) is 23.8. The van der Waals surface area contributed by atoms with E-state index in [1.165, 1.54) is 5.56 Å². The van der Waals surface area contributed by atoms with Crippen LogP contribution in [-0.2, 0) is 0 Å². The molecule has 0 saturated carbocycles. The van der Waals surface area contributed by atoms with E-state index < -0.39 is 0 Å². The number of carbonyl (C=O) groups is 1. The Balaban J connectivity index is 1.46. The van der Waals surface area contributed by atoms with E-state index in [9.17, 15) is 4.79 Å². The number of amides is 1. The molecule has 5 rings (SSSR count). The first-order valence-electron chi connectivity index (χ1n) is 11.3. The van der Waals surface area contributed by atoms with Gasteiger partial charge in [0.15, 0.2) is 5.82 Å². The Labute approximate surface area is 199 Å². The molecule has 0 aliphatic heterocycles. The fourth-order valence-electron chi connectivity index (χ4n) is 4.33. The maximum atomic E-state index is 13.1. The highest BCUT2D eigenvalue weighted by molar-refractivity contribution is 6.04. The van der Waals surface area contributed by atoms with Gasteiger partial charge in [0, 0.05) is 17.0 Å². The highest BCUT2D eigenvalue weighted by Gasteiger charge is 2.15. The van der Waals surface area contributed by atoms with Gasteiger partial charge in [0.2, 0.25) is 0 Å². The Morgan fingerprint density at radius 2 is 1.50 bits per heavy atom. The average Bonchev–Trinajstić information content (AvgIpc) is 3.20. The van der Waals surface area contributed by atoms with Gasteiger partial charge in [-0.2, -0.15) is 9.78 Å². The van der Waals surface area contributed by atoms with Gasteiger partial charge in [-0.05, 0) is 74.2 Å². The predicted octanol–water partition coefficient (Wildman–Crippen LogP) is 6.57. The number of benzene rings is 3. The van der Waals surface area contributed by atoms with Crippen molar-refractivity contribution in [2.75, 3.05) is 5.32 Å². The number of nitrogens with zero attached hydrogens (tertiary/aromatic N) is 3. The predicted molar refractivity (Wildman–Crippen MR) is 138 cm³/mol. The molecule has 1 N–H and O–H groups in total. The van der Waals surface area contributed by atoms with Crippen molar-refractivity contribution in [3.8, 4) is 16.9 Å². The second kappa shape index (κ2) is 8.60. The van der Waals surface area contributed by atoms with Crippen LogP contribution >= 0.6 is 0 Å². The Hall–Kier alpha value is -4.25. The molecule has 0 bridgehead atoms. The molecule has 0 aliphatic rings. The maximum absolute atomic E-state index is 13.1. The van der Waals surface area contributed by atoms with Crippen LogP contribution in [0.3, 0.4) is 0 Å². The van der Waals surface area contributed by atoms with E-state index in [1.807, 2.05) is 61.5 Å². The van der Waals surface area contributed by atoms with Crippen molar-refractivity contribution in [2.45, 2.75) is 27.7 Å². The SMILES string of the molecule is Cc1cc(C)c2nc(-n3nc(C)cc3NC(=O)c3ccc(-c4ccccc4)cc3)cc(C)c2c1. The molecule has 3 aromatic carbocycles. The summed E-state index contributed by atoms with van der Waals surface area (Å²) < 4.78 is 1.71. The molecule has 2 aromatic heterocycles. The molecule has 0 radical (unpaired) electrons. The molecular weight excluding hydrogens is 420 g/mol. The van der Waals surface area contributed by atoms with E-state index in [4.69, 9.17) is 4.98 Å². The van der Waals surface area contributed by atoms with E-state index in [1.54, 1.807) is 4.68 Å². The molecule has 0 atom stereocenters. The van der Waals surface area contributed by atoms with Gasteiger partial charge in [0.1, 0.15) is 5.82 Å². The molecule has 5 nitrogen and oxygen atoms in total. The molecule has 0 fully saturated rings. The standard InChI is InChI=1S/C29H26N4O/c1-18-14-20(3)28-25(15-18)19(2)16-26(30-28)33-27(17-21(4)32-33)31-29(34)24-12-10-23(11-13-24)22-8-6-5-7-9-22/h5-17H,1-4H3,(H,31,34). The molecule has 5 heteroatoms. The molecule has 2 heterocycles. The van der Waals surface area contributed by atoms with E-state index in [2.05, 4.69) is 55.5 Å². The Morgan fingerprint density at radius 1 is 0.794 bits per heavy atom. The first-order valence-corrected chi connectivity index (χ1v) is 11.3. The lowest BCUT2D eigenvalue weighted by Gasteiger charge is -2.12. The van der Waals surface area contributed by atoms with Crippen LogP contribution < -0.4 is 5.32 Å². The Kier molecular flexibility index (Phi) is 5.46. The van der Waals surface area contributed by atoms with Gasteiger partial charge in [0.25, 0.3) is 5.91 Å². The zero-order valence-corrected chi connectivity index (χ0v) is 19.8. The number of nitrogens with one attached hydrogen (secondary N) is 1. The minimum Gasteiger partial charge on any atom is -0.306 e. The van der Waals surface area contributed by atoms with Crippen molar-refractivity contribution in [1.29, 1.82) is 0 Å². The Bertz CT molecular complexity index is 1520. The first-order chi connectivity index (χ1) is 16.4. The van der Waals surface area contributed by atoms with Crippen molar-refractivity contribution in [3.05, 3.63) is 107 Å². The van der Waals surface area contributed by atoms with Gasteiger partial charge in [-0.3, -0.25) is 4.79 Å². The third-order valence-corrected chi connectivity index (χ3v) is 5.99. The van der Waals surface area contributed by atoms with E-state index >= 15 is 0 Å². The largest absolute Gasteiger partial charge is 0.306 e. The van der Waals surface area contributed by atoms with Gasteiger partial charge in [-0.1, -0.05) is 54.1 Å². The number of carbonyl (C=O) groups excluding carboxylic acids is 1. The minimum absolute atomic E-state index is 0.190. The number of anilines is 1. The van der Waals surface area contributed by atoms with Gasteiger partial charge < -0.3 is 5.32 Å². The number of aryl methyl sites for hydroxylation is 4. The van der Waals surface area contributed by atoms with Crippen LogP contribution in [0.5, 0.6) is 0 Å². The maximum Gasteiger partial charge on any atom is 0.256 e. The van der Waals surface area contributed by atoms with E-state index in [-0.39, 0.29) is 5.91 Å². The molecule has 0 saturated heterocycles. The molecule has 34 heavy (non-hydrogen) atoms. The number of rotatable bonds is 4. The number of hydrogen-bond donors (Lipinski definition) is 1. The molecule has 168 valence electrons. The summed E-state index contributed by atoms with van der Waals surface area (Å²) in [6, 6.07) is 25.9. The first kappa shape index (κ1) is 21.6. The van der Waals surface area contributed by atoms with Crippen molar-refractivity contribution in [2.24, 2.45) is 0 Å². The zero-order valence-electron chi connectivity index (χ0n) is 19.8. The summed E-state index contributed by atoms with van der Waals surface area (Å²) in [6.07, 6.45) is 0. The molecule has 1 amide bonds. The lowest BCUT2D eigenvalue weighted by molar-refractivity contribution is 0.102. The lowest BCUT2D eigenvalue weighted by atomic mass is 10.0. The summed E-state index contributed by atoms with van der Waals surface area (Å²) in [6.45, 7) is 8.15. The van der Waals surface area contributed by atoms with Crippen LogP contribution in [0.2, 0.25) is 0 Å². The summed E-state index contributed by atoms with van der Waals surface area (Å²) in [4.78, 5) is 17.9. The van der Waals surface area contributed by atoms with Crippen LogP contribution in [0.4, 0.5) is 5.82 Å². The third-order valence-electron chi connectivity index (χ3n) is 5.99. The van der Waals surface area contributed by atoms with Crippen molar-refractivity contribution in [1.82, 2.24) is 14.8 Å². The highest BCUT2D eigenvalue weighted by atomic mass is 16.1. The minimum atomic E-state index is -0.190. The quantitative estimate of drug-likeness (QED) is 0.339. The third kappa shape index (κ3) is 4.08. The van der Waals surface area contributed by atoms with E-state index in [0.29, 0.717) is 17.2 Å². The van der Waals surface area contributed by atoms with Gasteiger partial charge in [-0.15, -0.1) is 0 Å². The summed E-state index contributed by atoms with van der Waals surface area (Å²) in [7, 11) is 0. The summed E-state index contributed by atoms with van der Waals surface area (Å²) in [5, 5.41) is 8.77. The number of aromatic nitrogens is 3. The van der Waals surface area contributed by atoms with Crippen LogP contribution in [-0.4, -0.2) is 20.7 Å². The number of hydrogen-bond acceptors (Lipinski definition) is 3. The second-order valence-corrected chi connectivity index (χ2v) is 8.76. The fourth-order valence-corrected chi connectivity index (χ4v) is 4.33. The van der Waals surface area contributed by atoms with Crippen LogP contribution in [0.15, 0.2) is 78.9 Å². The smallest absolute Gasteiger partial charge is 0.256 e. The van der Waals surface area contributed by atoms with Crippen LogP contribution in [0, 0.1) is 27.7 Å². The topological polar surface area (TPSA) is 59.8 Å². The normalized spacial score (nSPS) is 11.1. The summed E-state index contributed by atoms with van der Waals surface area (Å²) in [5.41, 5.74) is 7.97. The molecule has 0 spiro atoms. The Morgan fingerprint density at radius 3 is 2.24 bits per heavy atom. The molecule has 0 unspecified atom stereocenters. The van der Waals surface area contributed by atoms with Gasteiger partial charge in [-0.25, -0.2) is 4.98 Å². The van der Waals surface area contributed by atoms with Crippen molar-refractivity contribution >= 4 is 22.6 Å². The number of fused-ring (bicyclic) bond motifs is 1. The monoisotopic (exact) mass is 446 g/mol. The van der Waals surface area contributed by atoms with Gasteiger partial charge in [0.05, 0.1) is 11.2 Å². The fraction of sp³-hybridized carbons (Fsp3) is 0.138. The van der Waals surface area contributed by atoms with Crippen LogP contribution in [0.1, 0.15) is 32.7 Å². The van der Waals surface area contributed by atoms with E-state index in [0.717, 1.165) is 38.9 Å². The van der Waals surface area contributed by atoms with Crippen LogP contribution in [0.25, 0.3) is 27.8 Å². The summed E-state index contributed by atoms with van der Waals surface area (Å²) >= 11 is 0. The molecule has 0 aliphatic carbocycles. The van der Waals surface area contributed by atoms with Crippen molar-refractivity contribution in [3.63, 3.8) is 0 Å². The number of pyridine rings is 1. The lowest BCUT2D eigenvalue weighted by Crippen LogP contribution is -2.15. The summed E-state index contributed by atoms with van der Waals surface area (Å²) in [5.74, 6) is 1.08. The molecule has 5 aromatic rings. The van der Waals surface area contributed by atoms with Crippen molar-refractivity contribution < 1.29 is 4.79 Å². The second-order valence-electron chi connectivity index (χ2n) is 8.76. The average molecular weight is 447 g/mol.